The Hall–Kier alpha value is -2.50. The van der Waals surface area contributed by atoms with E-state index in [0.29, 0.717) is 24.3 Å². The quantitative estimate of drug-likeness (QED) is 0.590. The number of hydroxylamine groups is 2. The molecular weight excluding hydrogens is 274 g/mol. The highest BCUT2D eigenvalue weighted by atomic mass is 16.7. The molecule has 6 heteroatoms. The lowest BCUT2D eigenvalue weighted by atomic mass is 10.1. The SMILES string of the molecule is CC(=O)CCCCC(=O)ON1C(=O)c2ccccc2C1=O. The van der Waals surface area contributed by atoms with Gasteiger partial charge in [0.15, 0.2) is 0 Å². The highest BCUT2D eigenvalue weighted by Crippen LogP contribution is 2.22. The lowest BCUT2D eigenvalue weighted by Crippen LogP contribution is -2.32. The van der Waals surface area contributed by atoms with Gasteiger partial charge in [-0.3, -0.25) is 9.59 Å². The van der Waals surface area contributed by atoms with Crippen molar-refractivity contribution >= 4 is 23.6 Å². The zero-order valence-electron chi connectivity index (χ0n) is 11.6. The Bertz CT molecular complexity index is 573. The molecule has 0 fully saturated rings. The molecular formula is C15H15NO5. The number of ketones is 1. The second-order valence-corrected chi connectivity index (χ2v) is 4.82. The average molecular weight is 289 g/mol. The molecule has 0 radical (unpaired) electrons. The molecule has 110 valence electrons. The summed E-state index contributed by atoms with van der Waals surface area (Å²) in [5.41, 5.74) is 0.457. The van der Waals surface area contributed by atoms with Crippen molar-refractivity contribution in [2.75, 3.05) is 0 Å². The molecule has 1 heterocycles. The summed E-state index contributed by atoms with van der Waals surface area (Å²) in [6.45, 7) is 1.48. The van der Waals surface area contributed by atoms with E-state index >= 15 is 0 Å². The Morgan fingerprint density at radius 2 is 1.52 bits per heavy atom. The van der Waals surface area contributed by atoms with Crippen LogP contribution in [-0.2, 0) is 14.4 Å². The summed E-state index contributed by atoms with van der Waals surface area (Å²) < 4.78 is 0. The van der Waals surface area contributed by atoms with Crippen molar-refractivity contribution in [1.29, 1.82) is 0 Å². The summed E-state index contributed by atoms with van der Waals surface area (Å²) in [7, 11) is 0. The number of imide groups is 1. The number of fused-ring (bicyclic) bond motifs is 1. The first-order chi connectivity index (χ1) is 10.0. The summed E-state index contributed by atoms with van der Waals surface area (Å²) in [5, 5.41) is 0.498. The molecule has 1 aromatic carbocycles. The number of unbranched alkanes of at least 4 members (excludes halogenated alkanes) is 1. The van der Waals surface area contributed by atoms with Gasteiger partial charge in [0, 0.05) is 12.8 Å². The fourth-order valence-electron chi connectivity index (χ4n) is 2.04. The fraction of sp³-hybridized carbons (Fsp3) is 0.333. The molecule has 0 N–H and O–H groups in total. The Balaban J connectivity index is 1.90. The zero-order valence-corrected chi connectivity index (χ0v) is 11.6. The van der Waals surface area contributed by atoms with Crippen molar-refractivity contribution in [2.24, 2.45) is 0 Å². The van der Waals surface area contributed by atoms with E-state index in [1.165, 1.54) is 19.1 Å². The van der Waals surface area contributed by atoms with Crippen LogP contribution in [0.15, 0.2) is 24.3 Å². The van der Waals surface area contributed by atoms with E-state index in [9.17, 15) is 19.2 Å². The second kappa shape index (κ2) is 6.30. The Morgan fingerprint density at radius 3 is 2.05 bits per heavy atom. The van der Waals surface area contributed by atoms with Crippen LogP contribution in [-0.4, -0.2) is 28.6 Å². The second-order valence-electron chi connectivity index (χ2n) is 4.82. The molecule has 2 amide bonds. The van der Waals surface area contributed by atoms with E-state index in [1.54, 1.807) is 12.1 Å². The summed E-state index contributed by atoms with van der Waals surface area (Å²) >= 11 is 0. The minimum Gasteiger partial charge on any atom is -0.330 e. The Kier molecular flexibility index (Phi) is 4.47. The van der Waals surface area contributed by atoms with E-state index in [-0.39, 0.29) is 23.3 Å². The van der Waals surface area contributed by atoms with Crippen LogP contribution in [0.3, 0.4) is 0 Å². The van der Waals surface area contributed by atoms with Crippen LogP contribution in [0.5, 0.6) is 0 Å². The van der Waals surface area contributed by atoms with Crippen LogP contribution in [0, 0.1) is 0 Å². The smallest absolute Gasteiger partial charge is 0.330 e. The topological polar surface area (TPSA) is 80.8 Å². The number of carbonyl (C=O) groups is 4. The van der Waals surface area contributed by atoms with Crippen LogP contribution in [0.4, 0.5) is 0 Å². The summed E-state index contributed by atoms with van der Waals surface area (Å²) in [6, 6.07) is 6.29. The van der Waals surface area contributed by atoms with Gasteiger partial charge >= 0.3 is 5.97 Å². The molecule has 0 saturated heterocycles. The van der Waals surface area contributed by atoms with Gasteiger partial charge in [-0.15, -0.1) is 0 Å². The Morgan fingerprint density at radius 1 is 1.00 bits per heavy atom. The molecule has 1 aliphatic rings. The van der Waals surface area contributed by atoms with E-state index in [0.717, 1.165) is 0 Å². The summed E-state index contributed by atoms with van der Waals surface area (Å²) in [5.74, 6) is -1.86. The molecule has 1 aromatic rings. The largest absolute Gasteiger partial charge is 0.333 e. The zero-order chi connectivity index (χ0) is 15.4. The minimum atomic E-state index is -0.659. The van der Waals surface area contributed by atoms with Crippen LogP contribution in [0.25, 0.3) is 0 Å². The molecule has 0 spiro atoms. The number of hydrogen-bond donors (Lipinski definition) is 0. The van der Waals surface area contributed by atoms with Gasteiger partial charge in [-0.2, -0.15) is 0 Å². The number of carbonyl (C=O) groups excluding carboxylic acids is 4. The predicted molar refractivity (Wildman–Crippen MR) is 72.2 cm³/mol. The summed E-state index contributed by atoms with van der Waals surface area (Å²) in [6.07, 6.45) is 1.51. The third-order valence-electron chi connectivity index (χ3n) is 3.11. The van der Waals surface area contributed by atoms with Crippen molar-refractivity contribution in [2.45, 2.75) is 32.6 Å². The molecule has 2 rings (SSSR count). The van der Waals surface area contributed by atoms with E-state index in [4.69, 9.17) is 4.84 Å². The van der Waals surface area contributed by atoms with Gasteiger partial charge in [0.2, 0.25) is 0 Å². The van der Waals surface area contributed by atoms with Crippen molar-refractivity contribution in [3.63, 3.8) is 0 Å². The molecule has 0 bridgehead atoms. The number of hydrogen-bond acceptors (Lipinski definition) is 5. The molecule has 21 heavy (non-hydrogen) atoms. The molecule has 0 aliphatic carbocycles. The van der Waals surface area contributed by atoms with Gasteiger partial charge in [-0.25, -0.2) is 4.79 Å². The lowest BCUT2D eigenvalue weighted by Gasteiger charge is -2.12. The van der Waals surface area contributed by atoms with E-state index < -0.39 is 17.8 Å². The monoisotopic (exact) mass is 289 g/mol. The maximum absolute atomic E-state index is 11.9. The van der Waals surface area contributed by atoms with Crippen LogP contribution in [0.1, 0.15) is 53.3 Å². The van der Waals surface area contributed by atoms with Gasteiger partial charge in [0.1, 0.15) is 5.78 Å². The van der Waals surface area contributed by atoms with Gasteiger partial charge in [0.05, 0.1) is 11.1 Å². The number of benzene rings is 1. The molecule has 0 atom stereocenters. The van der Waals surface area contributed by atoms with Crippen LogP contribution < -0.4 is 0 Å². The highest BCUT2D eigenvalue weighted by Gasteiger charge is 2.38. The molecule has 1 aliphatic heterocycles. The number of amides is 2. The summed E-state index contributed by atoms with van der Waals surface area (Å²) in [4.78, 5) is 51.1. The number of nitrogens with zero attached hydrogens (tertiary/aromatic N) is 1. The number of rotatable bonds is 6. The minimum absolute atomic E-state index is 0.0562. The third kappa shape index (κ3) is 3.34. The normalized spacial score (nSPS) is 13.3. The van der Waals surface area contributed by atoms with Crippen molar-refractivity contribution < 1.29 is 24.0 Å². The standard InChI is InChI=1S/C15H15NO5/c1-10(17)6-2-5-9-13(18)21-16-14(19)11-7-3-4-8-12(11)15(16)20/h3-4,7-8H,2,5-6,9H2,1H3. The molecule has 0 unspecified atom stereocenters. The van der Waals surface area contributed by atoms with Crippen molar-refractivity contribution in [1.82, 2.24) is 5.06 Å². The van der Waals surface area contributed by atoms with Gasteiger partial charge in [-0.1, -0.05) is 17.2 Å². The number of Topliss-reactive ketones (excluding diaryl/α,β-unsaturated/α-hetero) is 1. The van der Waals surface area contributed by atoms with Crippen LogP contribution in [0.2, 0.25) is 0 Å². The fourth-order valence-corrected chi connectivity index (χ4v) is 2.04. The van der Waals surface area contributed by atoms with E-state index in [2.05, 4.69) is 0 Å². The predicted octanol–water partition coefficient (Wildman–Crippen LogP) is 1.89. The average Bonchev–Trinajstić information content (AvgIpc) is 2.69. The third-order valence-corrected chi connectivity index (χ3v) is 3.11. The first-order valence-electron chi connectivity index (χ1n) is 6.68. The molecule has 0 aromatic heterocycles. The first-order valence-corrected chi connectivity index (χ1v) is 6.68. The van der Waals surface area contributed by atoms with Crippen LogP contribution >= 0.6 is 0 Å². The van der Waals surface area contributed by atoms with E-state index in [1.807, 2.05) is 0 Å². The molecule has 0 saturated carbocycles. The Labute approximate surface area is 121 Å². The first kappa shape index (κ1) is 14.9. The molecule has 6 nitrogen and oxygen atoms in total. The van der Waals surface area contributed by atoms with Gasteiger partial charge in [0.25, 0.3) is 11.8 Å². The van der Waals surface area contributed by atoms with Crippen molar-refractivity contribution in [3.05, 3.63) is 35.4 Å². The maximum Gasteiger partial charge on any atom is 0.333 e. The van der Waals surface area contributed by atoms with Gasteiger partial charge < -0.3 is 9.63 Å². The van der Waals surface area contributed by atoms with Crippen molar-refractivity contribution in [3.8, 4) is 0 Å². The van der Waals surface area contributed by atoms with Gasteiger partial charge in [-0.05, 0) is 31.9 Å². The maximum atomic E-state index is 11.9. The highest BCUT2D eigenvalue weighted by molar-refractivity contribution is 6.20. The lowest BCUT2D eigenvalue weighted by molar-refractivity contribution is -0.168.